The Hall–Kier alpha value is -4.04. The van der Waals surface area contributed by atoms with Crippen LogP contribution in [0.2, 0.25) is 0 Å². The monoisotopic (exact) mass is 576 g/mol. The molecule has 0 radical (unpaired) electrons. The summed E-state index contributed by atoms with van der Waals surface area (Å²) in [7, 11) is 0. The molecule has 220 valence electrons. The molecule has 5 atom stereocenters. The maximum absolute atomic E-state index is 11.3. The average Bonchev–Trinajstić information content (AvgIpc) is 3.06. The summed E-state index contributed by atoms with van der Waals surface area (Å²) in [6.45, 7) is 1.21. The van der Waals surface area contributed by atoms with Crippen molar-refractivity contribution in [1.29, 1.82) is 0 Å². The molecule has 0 saturated carbocycles. The number of aliphatic hydroxyl groups is 1. The van der Waals surface area contributed by atoms with Crippen LogP contribution in [0.15, 0.2) is 133 Å². The Morgan fingerprint density at radius 2 is 1.07 bits per heavy atom. The van der Waals surface area contributed by atoms with Gasteiger partial charge in [-0.15, -0.1) is 0 Å². The summed E-state index contributed by atoms with van der Waals surface area (Å²) in [5.41, 5.74) is 3.04. The van der Waals surface area contributed by atoms with Crippen molar-refractivity contribution in [2.24, 2.45) is 0 Å². The van der Waals surface area contributed by atoms with E-state index in [4.69, 9.17) is 23.7 Å². The molecule has 1 aliphatic rings. The first-order valence-corrected chi connectivity index (χ1v) is 14.6. The van der Waals surface area contributed by atoms with Gasteiger partial charge in [0.05, 0.1) is 26.4 Å². The van der Waals surface area contributed by atoms with Crippen LogP contribution < -0.4 is 4.74 Å². The van der Waals surface area contributed by atoms with Crippen molar-refractivity contribution in [2.45, 2.75) is 50.5 Å². The van der Waals surface area contributed by atoms with E-state index in [0.717, 1.165) is 27.5 Å². The van der Waals surface area contributed by atoms with Gasteiger partial charge in [-0.25, -0.2) is 0 Å². The lowest BCUT2D eigenvalue weighted by atomic mass is 9.97. The smallest absolute Gasteiger partial charge is 0.184 e. The lowest BCUT2D eigenvalue weighted by Gasteiger charge is -2.44. The molecular formula is C37H36O6. The van der Waals surface area contributed by atoms with Gasteiger partial charge in [0.15, 0.2) is 12.4 Å². The first kappa shape index (κ1) is 29.1. The molecule has 5 aromatic rings. The highest BCUT2D eigenvalue weighted by Crippen LogP contribution is 2.31. The first-order valence-electron chi connectivity index (χ1n) is 14.6. The minimum Gasteiger partial charge on any atom is -0.485 e. The van der Waals surface area contributed by atoms with Gasteiger partial charge in [0.1, 0.15) is 24.1 Å². The lowest BCUT2D eigenvalue weighted by molar-refractivity contribution is -0.305. The van der Waals surface area contributed by atoms with E-state index in [-0.39, 0.29) is 13.2 Å². The maximum atomic E-state index is 11.3. The molecule has 1 aliphatic heterocycles. The highest BCUT2D eigenvalue weighted by atomic mass is 16.7. The Kier molecular flexibility index (Phi) is 9.74. The van der Waals surface area contributed by atoms with Crippen LogP contribution in [0, 0.1) is 0 Å². The number of benzene rings is 5. The minimum atomic E-state index is -1.24. The van der Waals surface area contributed by atoms with Gasteiger partial charge in [-0.05, 0) is 39.6 Å². The van der Waals surface area contributed by atoms with Crippen LogP contribution in [-0.4, -0.2) is 42.4 Å². The van der Waals surface area contributed by atoms with Gasteiger partial charge in [-0.3, -0.25) is 0 Å². The van der Waals surface area contributed by atoms with Gasteiger partial charge in [0, 0.05) is 0 Å². The van der Waals surface area contributed by atoms with Crippen molar-refractivity contribution in [3.63, 3.8) is 0 Å². The average molecular weight is 577 g/mol. The van der Waals surface area contributed by atoms with Crippen molar-refractivity contribution in [3.8, 4) is 5.75 Å². The minimum absolute atomic E-state index is 0.195. The molecule has 43 heavy (non-hydrogen) atoms. The third-order valence-electron chi connectivity index (χ3n) is 7.57. The second kappa shape index (κ2) is 14.4. The standard InChI is InChI=1S/C37H36O6/c38-37-36(41-25-29-16-8-3-9-17-29)35(40-24-28-14-6-2-7-15-28)34(33(43-37)26-39-23-27-12-4-1-5-13-27)42-32-21-20-30-18-10-11-19-31(30)22-32/h1-22,33-38H,23-26H2/t33-,34-,35+,36-,37-/m1/s1. The quantitative estimate of drug-likeness (QED) is 0.179. The SMILES string of the molecule is O[C@@H]1O[C@H](COCc2ccccc2)[C@@H](Oc2ccc3ccccc3c2)[C@H](OCc2ccccc2)[C@H]1OCc1ccccc1. The summed E-state index contributed by atoms with van der Waals surface area (Å²) >= 11 is 0. The number of ether oxygens (including phenoxy) is 5. The Labute approximate surface area is 252 Å². The largest absolute Gasteiger partial charge is 0.485 e. The molecule has 6 heteroatoms. The van der Waals surface area contributed by atoms with Gasteiger partial charge in [0.2, 0.25) is 0 Å². The van der Waals surface area contributed by atoms with Crippen molar-refractivity contribution in [2.75, 3.05) is 6.61 Å². The van der Waals surface area contributed by atoms with Crippen LogP contribution in [0.3, 0.4) is 0 Å². The zero-order valence-electron chi connectivity index (χ0n) is 23.9. The van der Waals surface area contributed by atoms with Crippen molar-refractivity contribution >= 4 is 10.8 Å². The third kappa shape index (κ3) is 7.68. The predicted molar refractivity (Wildman–Crippen MR) is 165 cm³/mol. The summed E-state index contributed by atoms with van der Waals surface area (Å²) in [6.07, 6.45) is -3.97. The van der Waals surface area contributed by atoms with Crippen molar-refractivity contribution in [1.82, 2.24) is 0 Å². The van der Waals surface area contributed by atoms with Crippen LogP contribution in [-0.2, 0) is 38.8 Å². The number of rotatable bonds is 12. The van der Waals surface area contributed by atoms with E-state index < -0.39 is 30.7 Å². The van der Waals surface area contributed by atoms with Gasteiger partial charge in [-0.2, -0.15) is 0 Å². The van der Waals surface area contributed by atoms with Crippen LogP contribution >= 0.6 is 0 Å². The van der Waals surface area contributed by atoms with Crippen LogP contribution in [0.25, 0.3) is 10.8 Å². The molecule has 1 N–H and O–H groups in total. The zero-order valence-corrected chi connectivity index (χ0v) is 23.9. The Morgan fingerprint density at radius 3 is 1.70 bits per heavy atom. The number of fused-ring (bicyclic) bond motifs is 1. The van der Waals surface area contributed by atoms with Crippen LogP contribution in [0.4, 0.5) is 0 Å². The summed E-state index contributed by atoms with van der Waals surface area (Å²) in [5.74, 6) is 0.673. The van der Waals surface area contributed by atoms with Crippen LogP contribution in [0.1, 0.15) is 16.7 Å². The van der Waals surface area contributed by atoms with Gasteiger partial charge in [0.25, 0.3) is 0 Å². The molecule has 5 aromatic carbocycles. The van der Waals surface area contributed by atoms with E-state index >= 15 is 0 Å². The number of hydrogen-bond acceptors (Lipinski definition) is 6. The molecule has 0 amide bonds. The number of aliphatic hydroxyl groups excluding tert-OH is 1. The highest BCUT2D eigenvalue weighted by Gasteiger charge is 2.48. The van der Waals surface area contributed by atoms with E-state index in [1.165, 1.54) is 0 Å². The fraction of sp³-hybridized carbons (Fsp3) is 0.243. The van der Waals surface area contributed by atoms with Gasteiger partial charge >= 0.3 is 0 Å². The second-order valence-corrected chi connectivity index (χ2v) is 10.7. The summed E-state index contributed by atoms with van der Waals surface area (Å²) in [6, 6.07) is 43.9. The molecule has 0 bridgehead atoms. The third-order valence-corrected chi connectivity index (χ3v) is 7.57. The summed E-state index contributed by atoms with van der Waals surface area (Å²) < 4.78 is 31.9. The number of hydrogen-bond donors (Lipinski definition) is 1. The topological polar surface area (TPSA) is 66.4 Å². The predicted octanol–water partition coefficient (Wildman–Crippen LogP) is 6.69. The van der Waals surface area contributed by atoms with Crippen LogP contribution in [0.5, 0.6) is 5.75 Å². The zero-order chi connectivity index (χ0) is 29.3. The molecule has 0 spiro atoms. The normalized spacial score (nSPS) is 21.9. The Bertz CT molecular complexity index is 1550. The van der Waals surface area contributed by atoms with Gasteiger partial charge < -0.3 is 28.8 Å². The highest BCUT2D eigenvalue weighted by molar-refractivity contribution is 5.83. The van der Waals surface area contributed by atoms with E-state index in [0.29, 0.717) is 19.0 Å². The molecule has 1 heterocycles. The molecule has 0 unspecified atom stereocenters. The van der Waals surface area contributed by atoms with Crippen molar-refractivity contribution < 1.29 is 28.8 Å². The fourth-order valence-corrected chi connectivity index (χ4v) is 5.34. The lowest BCUT2D eigenvalue weighted by Crippen LogP contribution is -2.62. The molecule has 6 rings (SSSR count). The van der Waals surface area contributed by atoms with Gasteiger partial charge in [-0.1, -0.05) is 121 Å². The fourth-order valence-electron chi connectivity index (χ4n) is 5.34. The molecule has 0 aliphatic carbocycles. The molecule has 1 fully saturated rings. The molecular weight excluding hydrogens is 540 g/mol. The Morgan fingerprint density at radius 1 is 0.535 bits per heavy atom. The first-order chi connectivity index (χ1) is 21.2. The van der Waals surface area contributed by atoms with E-state index in [2.05, 4.69) is 12.1 Å². The molecule has 6 nitrogen and oxygen atoms in total. The second-order valence-electron chi connectivity index (χ2n) is 10.7. The Balaban J connectivity index is 1.28. The molecule has 0 aromatic heterocycles. The van der Waals surface area contributed by atoms with E-state index in [9.17, 15) is 5.11 Å². The van der Waals surface area contributed by atoms with E-state index in [1.54, 1.807) is 0 Å². The van der Waals surface area contributed by atoms with Crippen molar-refractivity contribution in [3.05, 3.63) is 150 Å². The molecule has 1 saturated heterocycles. The van der Waals surface area contributed by atoms with E-state index in [1.807, 2.05) is 121 Å². The summed E-state index contributed by atoms with van der Waals surface area (Å²) in [5, 5.41) is 13.5. The summed E-state index contributed by atoms with van der Waals surface area (Å²) in [4.78, 5) is 0. The maximum Gasteiger partial charge on any atom is 0.184 e.